The van der Waals surface area contributed by atoms with Crippen LogP contribution in [0.25, 0.3) is 22.3 Å². The Morgan fingerprint density at radius 3 is 1.24 bits per heavy atom. The molecule has 0 spiro atoms. The third kappa shape index (κ3) is 9.43. The lowest BCUT2D eigenvalue weighted by molar-refractivity contribution is -0.128. The predicted molar refractivity (Wildman–Crippen MR) is 242 cm³/mol. The van der Waals surface area contributed by atoms with E-state index in [9.17, 15) is 24.0 Å². The SMILES string of the molecule is O=C(c1ccccc1)C1C[C@@H](Cc2ccc(-c3ccccc3)cc2)N(C(=O)c2ccccc2)C1=O.O=C1CC[C@@H](Cc2ccc(-c3ccccc3)cc2)N1C(=O)c1ccccc1. The quantitative estimate of drug-likeness (QED) is 0.0779. The molecule has 0 aliphatic carbocycles. The van der Waals surface area contributed by atoms with E-state index < -0.39 is 17.9 Å². The topological polar surface area (TPSA) is 91.8 Å². The van der Waals surface area contributed by atoms with Crippen LogP contribution in [-0.4, -0.2) is 51.3 Å². The molecule has 4 amide bonds. The highest BCUT2D eigenvalue weighted by Gasteiger charge is 2.46. The van der Waals surface area contributed by atoms with Gasteiger partial charge in [-0.2, -0.15) is 0 Å². The maximum atomic E-state index is 13.5. The van der Waals surface area contributed by atoms with Gasteiger partial charge in [-0.05, 0) is 83.3 Å². The van der Waals surface area contributed by atoms with Crippen LogP contribution in [0.1, 0.15) is 61.5 Å². The van der Waals surface area contributed by atoms with Crippen molar-refractivity contribution in [2.24, 2.45) is 5.92 Å². The molecule has 7 aromatic carbocycles. The van der Waals surface area contributed by atoms with Crippen molar-refractivity contribution in [2.75, 3.05) is 0 Å². The smallest absolute Gasteiger partial charge is 0.260 e. The predicted octanol–water partition coefficient (Wildman–Crippen LogP) is 10.6. The molecule has 7 nitrogen and oxygen atoms in total. The molecule has 0 N–H and O–H groups in total. The fourth-order valence-corrected chi connectivity index (χ4v) is 8.42. The zero-order chi connectivity index (χ0) is 42.8. The van der Waals surface area contributed by atoms with Gasteiger partial charge in [0, 0.05) is 35.2 Å². The van der Waals surface area contributed by atoms with Gasteiger partial charge in [0.15, 0.2) is 5.78 Å². The highest BCUT2D eigenvalue weighted by atomic mass is 16.2. The van der Waals surface area contributed by atoms with Crippen molar-refractivity contribution in [1.82, 2.24) is 9.80 Å². The molecule has 1 unspecified atom stereocenters. The second kappa shape index (κ2) is 19.3. The minimum atomic E-state index is -0.862. The number of ketones is 1. The van der Waals surface area contributed by atoms with E-state index in [1.807, 2.05) is 78.9 Å². The van der Waals surface area contributed by atoms with Crippen LogP contribution < -0.4 is 0 Å². The first kappa shape index (κ1) is 41.2. The summed E-state index contributed by atoms with van der Waals surface area (Å²) in [7, 11) is 0. The number of Topliss-reactive ketones (excluding diaryl/α,β-unsaturated/α-hetero) is 1. The molecule has 306 valence electrons. The molecule has 7 heteroatoms. The van der Waals surface area contributed by atoms with E-state index >= 15 is 0 Å². The Morgan fingerprint density at radius 1 is 0.419 bits per heavy atom. The summed E-state index contributed by atoms with van der Waals surface area (Å²) < 4.78 is 0. The summed E-state index contributed by atoms with van der Waals surface area (Å²) >= 11 is 0. The van der Waals surface area contributed by atoms with E-state index in [1.165, 1.54) is 20.9 Å². The van der Waals surface area contributed by atoms with Gasteiger partial charge in [-0.25, -0.2) is 0 Å². The van der Waals surface area contributed by atoms with Gasteiger partial charge in [0.25, 0.3) is 11.8 Å². The number of nitrogens with zero attached hydrogens (tertiary/aromatic N) is 2. The Morgan fingerprint density at radius 2 is 0.790 bits per heavy atom. The summed E-state index contributed by atoms with van der Waals surface area (Å²) in [6, 6.07) is 63.1. The number of amides is 4. The van der Waals surface area contributed by atoms with Gasteiger partial charge in [0.2, 0.25) is 11.8 Å². The minimum Gasteiger partial charge on any atom is -0.293 e. The molecule has 62 heavy (non-hydrogen) atoms. The van der Waals surface area contributed by atoms with Crippen LogP contribution in [0.3, 0.4) is 0 Å². The monoisotopic (exact) mass is 814 g/mol. The van der Waals surface area contributed by atoms with Gasteiger partial charge in [-0.3, -0.25) is 33.8 Å². The van der Waals surface area contributed by atoms with Gasteiger partial charge in [0.1, 0.15) is 5.92 Å². The average Bonchev–Trinajstić information content (AvgIpc) is 3.87. The lowest BCUT2D eigenvalue weighted by Crippen LogP contribution is -2.41. The summed E-state index contributed by atoms with van der Waals surface area (Å²) in [6.45, 7) is 0. The van der Waals surface area contributed by atoms with E-state index in [-0.39, 0.29) is 29.5 Å². The number of hydrogen-bond acceptors (Lipinski definition) is 5. The second-order valence-corrected chi connectivity index (χ2v) is 15.7. The maximum absolute atomic E-state index is 13.5. The summed E-state index contributed by atoms with van der Waals surface area (Å²) in [4.78, 5) is 68.0. The largest absolute Gasteiger partial charge is 0.293 e. The second-order valence-electron chi connectivity index (χ2n) is 15.7. The van der Waals surface area contributed by atoms with Crippen LogP contribution in [0.15, 0.2) is 200 Å². The lowest BCUT2D eigenvalue weighted by atomic mass is 9.92. The Balaban J connectivity index is 0.000000176. The molecular weight excluding hydrogens is 769 g/mol. The number of hydrogen-bond donors (Lipinski definition) is 0. The molecule has 2 heterocycles. The Labute approximate surface area is 362 Å². The summed E-state index contributed by atoms with van der Waals surface area (Å²) in [5.74, 6) is -2.13. The lowest BCUT2D eigenvalue weighted by Gasteiger charge is -2.23. The molecule has 0 aromatic heterocycles. The zero-order valence-electron chi connectivity index (χ0n) is 34.3. The fourth-order valence-electron chi connectivity index (χ4n) is 8.42. The summed E-state index contributed by atoms with van der Waals surface area (Å²) in [5.41, 5.74) is 8.23. The van der Waals surface area contributed by atoms with E-state index in [0.29, 0.717) is 42.4 Å². The van der Waals surface area contributed by atoms with E-state index in [1.54, 1.807) is 60.7 Å². The third-order valence-electron chi connectivity index (χ3n) is 11.7. The van der Waals surface area contributed by atoms with Crippen molar-refractivity contribution < 1.29 is 24.0 Å². The summed E-state index contributed by atoms with van der Waals surface area (Å²) in [6.07, 6.45) is 2.66. The van der Waals surface area contributed by atoms with Gasteiger partial charge < -0.3 is 0 Å². The van der Waals surface area contributed by atoms with Crippen molar-refractivity contribution in [2.45, 2.75) is 44.2 Å². The van der Waals surface area contributed by atoms with Crippen molar-refractivity contribution >= 4 is 29.4 Å². The normalized spacial score (nSPS) is 17.0. The molecule has 2 aliphatic heterocycles. The molecule has 3 atom stereocenters. The van der Waals surface area contributed by atoms with Crippen LogP contribution in [0.2, 0.25) is 0 Å². The number of likely N-dealkylation sites (tertiary alicyclic amines) is 2. The van der Waals surface area contributed by atoms with Crippen molar-refractivity contribution in [3.8, 4) is 22.3 Å². The van der Waals surface area contributed by atoms with Gasteiger partial charge >= 0.3 is 0 Å². The molecule has 7 aromatic rings. The van der Waals surface area contributed by atoms with Crippen LogP contribution in [0.4, 0.5) is 0 Å². The molecule has 2 saturated heterocycles. The van der Waals surface area contributed by atoms with Crippen LogP contribution in [0.5, 0.6) is 0 Å². The van der Waals surface area contributed by atoms with Crippen molar-refractivity contribution in [3.05, 3.63) is 228 Å². The number of carbonyl (C=O) groups excluding carboxylic acids is 5. The molecule has 2 aliphatic rings. The molecular formula is C55H46N2O5. The first-order chi connectivity index (χ1) is 30.3. The number of carbonyl (C=O) groups is 5. The average molecular weight is 815 g/mol. The standard InChI is InChI=1S/C31H25NO3.C24H21NO2/c33-29(25-12-6-2-7-13-25)28-21-27(32(31(28)35)30(34)26-14-8-3-9-15-26)20-22-16-18-24(19-17-22)23-10-4-1-5-11-23;26-23-16-15-22(25(23)24(27)21-9-5-2-6-10-21)17-18-11-13-20(14-12-18)19-7-3-1-4-8-19/h1-19,27-28H,20-21H2;1-14,22H,15-17H2/t27-,28?;22-/m10/s1. The molecule has 0 saturated carbocycles. The fraction of sp³-hybridized carbons (Fsp3) is 0.145. The maximum Gasteiger partial charge on any atom is 0.260 e. The van der Waals surface area contributed by atoms with E-state index in [2.05, 4.69) is 60.7 Å². The number of imide groups is 2. The number of benzene rings is 7. The minimum absolute atomic E-state index is 0.0743. The van der Waals surface area contributed by atoms with Gasteiger partial charge in [-0.15, -0.1) is 0 Å². The molecule has 9 rings (SSSR count). The highest BCUT2D eigenvalue weighted by Crippen LogP contribution is 2.32. The number of rotatable bonds is 10. The van der Waals surface area contributed by atoms with Gasteiger partial charge in [0.05, 0.1) is 0 Å². The van der Waals surface area contributed by atoms with Crippen molar-refractivity contribution in [1.29, 1.82) is 0 Å². The van der Waals surface area contributed by atoms with Crippen molar-refractivity contribution in [3.63, 3.8) is 0 Å². The highest BCUT2D eigenvalue weighted by molar-refractivity contribution is 6.17. The Bertz CT molecular complexity index is 2630. The third-order valence-corrected chi connectivity index (χ3v) is 11.7. The zero-order valence-corrected chi connectivity index (χ0v) is 34.3. The Hall–Kier alpha value is -7.51. The first-order valence-electron chi connectivity index (χ1n) is 21.1. The molecule has 2 fully saturated rings. The van der Waals surface area contributed by atoms with E-state index in [0.717, 1.165) is 28.7 Å². The Kier molecular flexibility index (Phi) is 12.8. The van der Waals surface area contributed by atoms with Crippen LogP contribution >= 0.6 is 0 Å². The van der Waals surface area contributed by atoms with Gasteiger partial charge in [-0.1, -0.05) is 176 Å². The van der Waals surface area contributed by atoms with Crippen LogP contribution in [0, 0.1) is 5.92 Å². The van der Waals surface area contributed by atoms with E-state index in [4.69, 9.17) is 0 Å². The van der Waals surface area contributed by atoms with Crippen LogP contribution in [-0.2, 0) is 22.4 Å². The summed E-state index contributed by atoms with van der Waals surface area (Å²) in [5, 5.41) is 0. The molecule has 0 radical (unpaired) electrons. The first-order valence-corrected chi connectivity index (χ1v) is 21.1. The molecule has 0 bridgehead atoms.